The Balaban J connectivity index is 1.74. The molecule has 0 aromatic heterocycles. The second-order valence-electron chi connectivity index (χ2n) is 7.46. The van der Waals surface area contributed by atoms with Gasteiger partial charge >= 0.3 is 0 Å². The van der Waals surface area contributed by atoms with Crippen molar-refractivity contribution >= 4 is 40.7 Å². The summed E-state index contributed by atoms with van der Waals surface area (Å²) in [5.74, 6) is -1.25. The molecular weight excluding hydrogens is 444 g/mol. The van der Waals surface area contributed by atoms with Gasteiger partial charge < -0.3 is 15.5 Å². The number of hydrogen-bond acceptors (Lipinski definition) is 4. The van der Waals surface area contributed by atoms with Gasteiger partial charge in [0.25, 0.3) is 5.91 Å². The molecule has 0 spiro atoms. The largest absolute Gasteiger partial charge is 0.384 e. The van der Waals surface area contributed by atoms with Gasteiger partial charge in [0, 0.05) is 24.1 Å². The van der Waals surface area contributed by atoms with Crippen molar-refractivity contribution in [3.63, 3.8) is 0 Å². The molecule has 1 unspecified atom stereocenters. The van der Waals surface area contributed by atoms with E-state index in [0.717, 1.165) is 11.1 Å². The Bertz CT molecular complexity index is 1050. The van der Waals surface area contributed by atoms with Gasteiger partial charge in [-0.25, -0.2) is 4.39 Å². The molecule has 0 bridgehead atoms. The third-order valence-electron chi connectivity index (χ3n) is 5.04. The molecule has 1 aliphatic rings. The van der Waals surface area contributed by atoms with Crippen LogP contribution in [0, 0.1) is 12.7 Å². The molecule has 164 valence electrons. The molecule has 0 saturated heterocycles. The van der Waals surface area contributed by atoms with Crippen LogP contribution in [0.4, 0.5) is 4.39 Å². The molecule has 2 amide bonds. The third kappa shape index (κ3) is 4.99. The van der Waals surface area contributed by atoms with Crippen LogP contribution in [0.2, 0.25) is 10.0 Å². The molecule has 2 N–H and O–H groups in total. The van der Waals surface area contributed by atoms with E-state index in [1.54, 1.807) is 19.1 Å². The zero-order valence-electron chi connectivity index (χ0n) is 17.3. The van der Waals surface area contributed by atoms with Gasteiger partial charge in [-0.05, 0) is 56.2 Å². The van der Waals surface area contributed by atoms with Crippen molar-refractivity contribution in [2.45, 2.75) is 32.8 Å². The summed E-state index contributed by atoms with van der Waals surface area (Å²) in [5, 5.41) is 9.25. The quantitative estimate of drug-likeness (QED) is 0.622. The Labute approximate surface area is 189 Å². The van der Waals surface area contributed by atoms with Gasteiger partial charge in [-0.15, -0.1) is 0 Å². The predicted octanol–water partition coefficient (Wildman–Crippen LogP) is 4.35. The first-order chi connectivity index (χ1) is 14.6. The molecule has 1 atom stereocenters. The molecule has 3 rings (SSSR count). The van der Waals surface area contributed by atoms with E-state index in [1.807, 2.05) is 19.9 Å². The lowest BCUT2D eigenvalue weighted by atomic mass is 9.88. The van der Waals surface area contributed by atoms with Gasteiger partial charge in [0.2, 0.25) is 5.91 Å². The van der Waals surface area contributed by atoms with Crippen molar-refractivity contribution in [3.05, 3.63) is 68.4 Å². The number of nitrogens with one attached hydrogen (secondary N) is 2. The summed E-state index contributed by atoms with van der Waals surface area (Å²) >= 11 is 11.9. The molecule has 0 fully saturated rings. The standard InChI is InChI=1S/C22H22Cl2FN3O3/c1-4-26-19(29)11-27-21(30)15-6-5-13(7-12(15)2)18-10-22(3,31-28-18)14-8-16(23)20(25)17(24)9-14/h5-9H,4,10-11H2,1-3H3,(H,26,29)(H,27,30). The maximum absolute atomic E-state index is 13.8. The monoisotopic (exact) mass is 465 g/mol. The fourth-order valence-electron chi connectivity index (χ4n) is 3.32. The fourth-order valence-corrected chi connectivity index (χ4v) is 3.81. The van der Waals surface area contributed by atoms with Crippen LogP contribution in [0.1, 0.15) is 47.3 Å². The molecule has 1 heterocycles. The zero-order valence-corrected chi connectivity index (χ0v) is 18.8. The lowest BCUT2D eigenvalue weighted by Gasteiger charge is -2.22. The Morgan fingerprint density at radius 3 is 2.48 bits per heavy atom. The van der Waals surface area contributed by atoms with Gasteiger partial charge in [0.05, 0.1) is 22.3 Å². The van der Waals surface area contributed by atoms with Gasteiger partial charge in [-0.3, -0.25) is 9.59 Å². The van der Waals surface area contributed by atoms with Crippen LogP contribution in [0.5, 0.6) is 0 Å². The molecule has 0 saturated carbocycles. The minimum Gasteiger partial charge on any atom is -0.384 e. The maximum atomic E-state index is 13.8. The second-order valence-corrected chi connectivity index (χ2v) is 8.27. The lowest BCUT2D eigenvalue weighted by molar-refractivity contribution is -0.120. The Morgan fingerprint density at radius 1 is 1.19 bits per heavy atom. The van der Waals surface area contributed by atoms with Crippen molar-refractivity contribution in [2.75, 3.05) is 13.1 Å². The van der Waals surface area contributed by atoms with Crippen LogP contribution < -0.4 is 10.6 Å². The summed E-state index contributed by atoms with van der Waals surface area (Å²) in [5.41, 5.74) is 2.42. The van der Waals surface area contributed by atoms with Gasteiger partial charge in [-0.1, -0.05) is 34.4 Å². The average molecular weight is 466 g/mol. The Kier molecular flexibility index (Phi) is 6.86. The normalized spacial score (nSPS) is 17.7. The van der Waals surface area contributed by atoms with Crippen molar-refractivity contribution in [2.24, 2.45) is 5.16 Å². The van der Waals surface area contributed by atoms with Gasteiger partial charge in [0.1, 0.15) is 0 Å². The average Bonchev–Trinajstić information content (AvgIpc) is 3.13. The molecule has 2 aromatic carbocycles. The topological polar surface area (TPSA) is 79.8 Å². The van der Waals surface area contributed by atoms with Crippen molar-refractivity contribution in [1.29, 1.82) is 0 Å². The van der Waals surface area contributed by atoms with Crippen LogP contribution in [-0.4, -0.2) is 30.6 Å². The summed E-state index contributed by atoms with van der Waals surface area (Å²) in [7, 11) is 0. The van der Waals surface area contributed by atoms with Crippen LogP contribution in [0.3, 0.4) is 0 Å². The number of rotatable bonds is 6. The van der Waals surface area contributed by atoms with Crippen LogP contribution in [0.15, 0.2) is 35.5 Å². The highest BCUT2D eigenvalue weighted by Gasteiger charge is 2.37. The highest BCUT2D eigenvalue weighted by atomic mass is 35.5. The molecule has 2 aromatic rings. The number of carbonyl (C=O) groups is 2. The van der Waals surface area contributed by atoms with Crippen LogP contribution >= 0.6 is 23.2 Å². The minimum atomic E-state index is -0.854. The number of hydrogen-bond donors (Lipinski definition) is 2. The number of halogens is 3. The van der Waals surface area contributed by atoms with E-state index >= 15 is 0 Å². The maximum Gasteiger partial charge on any atom is 0.251 e. The number of amides is 2. The third-order valence-corrected chi connectivity index (χ3v) is 5.59. The number of oxime groups is 1. The van der Waals surface area contributed by atoms with E-state index in [0.29, 0.717) is 29.8 Å². The summed E-state index contributed by atoms with van der Waals surface area (Å²) in [6.45, 7) is 5.85. The summed E-state index contributed by atoms with van der Waals surface area (Å²) < 4.78 is 13.8. The Hall–Kier alpha value is -2.64. The lowest BCUT2D eigenvalue weighted by Crippen LogP contribution is -2.37. The van der Waals surface area contributed by atoms with E-state index < -0.39 is 11.4 Å². The minimum absolute atomic E-state index is 0.0837. The van der Waals surface area contributed by atoms with Crippen molar-refractivity contribution in [1.82, 2.24) is 10.6 Å². The molecule has 6 nitrogen and oxygen atoms in total. The van der Waals surface area contributed by atoms with Crippen molar-refractivity contribution < 1.29 is 18.8 Å². The number of nitrogens with zero attached hydrogens (tertiary/aromatic N) is 1. The second kappa shape index (κ2) is 9.24. The summed E-state index contributed by atoms with van der Waals surface area (Å²) in [6, 6.07) is 8.25. The number of likely N-dealkylation sites (N-methyl/N-ethyl adjacent to an activating group) is 1. The predicted molar refractivity (Wildman–Crippen MR) is 118 cm³/mol. The zero-order chi connectivity index (χ0) is 22.8. The van der Waals surface area contributed by atoms with Crippen LogP contribution in [0.25, 0.3) is 0 Å². The van der Waals surface area contributed by atoms with E-state index in [9.17, 15) is 14.0 Å². The number of benzene rings is 2. The van der Waals surface area contributed by atoms with E-state index in [4.69, 9.17) is 28.0 Å². The molecule has 31 heavy (non-hydrogen) atoms. The molecule has 0 radical (unpaired) electrons. The highest BCUT2D eigenvalue weighted by molar-refractivity contribution is 6.35. The van der Waals surface area contributed by atoms with Gasteiger partial charge in [-0.2, -0.15) is 0 Å². The number of aryl methyl sites for hydroxylation is 1. The van der Waals surface area contributed by atoms with Crippen molar-refractivity contribution in [3.8, 4) is 0 Å². The SMILES string of the molecule is CCNC(=O)CNC(=O)c1ccc(C2=NOC(C)(c3cc(Cl)c(F)c(Cl)c3)C2)cc1C. The fraction of sp³-hybridized carbons (Fsp3) is 0.318. The molecular formula is C22H22Cl2FN3O3. The van der Waals surface area contributed by atoms with E-state index in [1.165, 1.54) is 12.1 Å². The Morgan fingerprint density at radius 2 is 1.87 bits per heavy atom. The highest BCUT2D eigenvalue weighted by Crippen LogP contribution is 2.39. The first-order valence-corrected chi connectivity index (χ1v) is 10.5. The first-order valence-electron chi connectivity index (χ1n) is 9.70. The summed E-state index contributed by atoms with van der Waals surface area (Å²) in [4.78, 5) is 29.6. The van der Waals surface area contributed by atoms with Gasteiger partial charge in [0.15, 0.2) is 11.4 Å². The van der Waals surface area contributed by atoms with Crippen LogP contribution in [-0.2, 0) is 15.2 Å². The van der Waals surface area contributed by atoms with E-state index in [-0.39, 0.29) is 28.4 Å². The van der Waals surface area contributed by atoms with E-state index in [2.05, 4.69) is 15.8 Å². The summed E-state index contributed by atoms with van der Waals surface area (Å²) in [6.07, 6.45) is 0.410. The number of carbonyl (C=O) groups excluding carboxylic acids is 2. The first kappa shape index (κ1) is 23.0. The molecule has 9 heteroatoms. The molecule has 1 aliphatic heterocycles. The molecule has 0 aliphatic carbocycles. The smallest absolute Gasteiger partial charge is 0.251 e.